The van der Waals surface area contributed by atoms with Gasteiger partial charge in [-0.1, -0.05) is 0 Å². The van der Waals surface area contributed by atoms with Crippen molar-refractivity contribution in [2.75, 3.05) is 49.7 Å². The maximum absolute atomic E-state index is 12.9. The van der Waals surface area contributed by atoms with Crippen LogP contribution in [0.1, 0.15) is 55.3 Å². The molecule has 2 aliphatic rings. The average Bonchev–Trinajstić information content (AvgIpc) is 3.86. The molecule has 0 radical (unpaired) electrons. The Bertz CT molecular complexity index is 1380. The van der Waals surface area contributed by atoms with Crippen molar-refractivity contribution in [2.45, 2.75) is 57.0 Å². The Labute approximate surface area is 251 Å². The van der Waals surface area contributed by atoms with E-state index in [9.17, 15) is 9.59 Å². The van der Waals surface area contributed by atoms with E-state index in [1.165, 1.54) is 0 Å². The van der Waals surface area contributed by atoms with Crippen molar-refractivity contribution in [3.8, 4) is 0 Å². The summed E-state index contributed by atoms with van der Waals surface area (Å²) in [5.41, 5.74) is 13.2. The number of nitrogens with two attached hydrogens (primary N) is 2. The average molecular weight is 591 g/mol. The minimum Gasteiger partial charge on any atom is -0.379 e. The Morgan fingerprint density at radius 1 is 0.930 bits per heavy atom. The molecule has 43 heavy (non-hydrogen) atoms. The number of carbonyl (C=O) groups excluding carboxylic acids is 2. The zero-order valence-electron chi connectivity index (χ0n) is 24.5. The van der Waals surface area contributed by atoms with E-state index < -0.39 is 5.91 Å². The number of hydrogen-bond donors (Lipinski definition) is 4. The van der Waals surface area contributed by atoms with Gasteiger partial charge in [0, 0.05) is 67.7 Å². The lowest BCUT2D eigenvalue weighted by atomic mass is 9.84. The molecule has 0 aliphatic heterocycles. The van der Waals surface area contributed by atoms with Gasteiger partial charge in [-0.2, -0.15) is 0 Å². The van der Waals surface area contributed by atoms with Gasteiger partial charge in [0.2, 0.25) is 5.91 Å². The minimum atomic E-state index is -0.504. The van der Waals surface area contributed by atoms with Crippen LogP contribution < -0.4 is 27.0 Å². The van der Waals surface area contributed by atoms with Crippen molar-refractivity contribution in [1.29, 1.82) is 0 Å². The van der Waals surface area contributed by atoms with E-state index in [0.29, 0.717) is 62.8 Å². The molecule has 0 bridgehead atoms. The predicted octanol–water partition coefficient (Wildman–Crippen LogP) is 2.89. The monoisotopic (exact) mass is 590 g/mol. The first-order chi connectivity index (χ1) is 21.0. The molecule has 3 heterocycles. The molecule has 2 saturated carbocycles. The molecule has 12 nitrogen and oxygen atoms in total. The third-order valence-corrected chi connectivity index (χ3v) is 7.97. The normalized spacial score (nSPS) is 18.3. The van der Waals surface area contributed by atoms with Crippen molar-refractivity contribution >= 4 is 40.0 Å². The van der Waals surface area contributed by atoms with Crippen LogP contribution in [-0.4, -0.2) is 78.4 Å². The number of primary amides is 1. The number of aromatic nitrogens is 3. The second-order valence-corrected chi connectivity index (χ2v) is 11.1. The van der Waals surface area contributed by atoms with E-state index in [2.05, 4.69) is 30.5 Å². The van der Waals surface area contributed by atoms with Gasteiger partial charge in [0.05, 0.1) is 36.6 Å². The fraction of sp³-hybridized carbons (Fsp3) is 0.516. The highest BCUT2D eigenvalue weighted by molar-refractivity contribution is 5.99. The summed E-state index contributed by atoms with van der Waals surface area (Å²) in [5, 5.41) is 7.31. The molecular formula is C31H42N8O4. The van der Waals surface area contributed by atoms with Crippen LogP contribution in [0.3, 0.4) is 0 Å². The van der Waals surface area contributed by atoms with Gasteiger partial charge in [-0.15, -0.1) is 0 Å². The van der Waals surface area contributed by atoms with Crippen molar-refractivity contribution in [3.05, 3.63) is 48.4 Å². The molecule has 2 aliphatic carbocycles. The van der Waals surface area contributed by atoms with Gasteiger partial charge >= 0.3 is 0 Å². The van der Waals surface area contributed by atoms with E-state index in [1.807, 2.05) is 24.3 Å². The maximum atomic E-state index is 12.9. The Hall–Kier alpha value is -3.87. The molecule has 0 saturated heterocycles. The lowest BCUT2D eigenvalue weighted by Gasteiger charge is -2.39. The Balaban J connectivity index is 1.18. The van der Waals surface area contributed by atoms with E-state index in [1.54, 1.807) is 18.6 Å². The molecule has 2 fully saturated rings. The number of amides is 2. The number of nitrogens with zero attached hydrogens (tertiary/aromatic N) is 4. The van der Waals surface area contributed by atoms with Crippen LogP contribution in [-0.2, 0) is 14.3 Å². The highest BCUT2D eigenvalue weighted by Crippen LogP contribution is 2.41. The number of ether oxygens (including phenoxy) is 2. The van der Waals surface area contributed by atoms with Gasteiger partial charge in [-0.3, -0.25) is 14.6 Å². The minimum absolute atomic E-state index is 0.0117. The van der Waals surface area contributed by atoms with E-state index >= 15 is 0 Å². The number of nitrogens with one attached hydrogen (secondary N) is 2. The van der Waals surface area contributed by atoms with Crippen LogP contribution in [0.15, 0.2) is 42.9 Å². The van der Waals surface area contributed by atoms with Crippen LogP contribution in [0.25, 0.3) is 10.9 Å². The molecule has 0 aromatic carbocycles. The molecule has 3 aromatic heterocycles. The summed E-state index contributed by atoms with van der Waals surface area (Å²) in [5.74, 6) is 0.830. The SMILES string of the molecule is NCCOCCOCCCNC(=O)C1CCC(N(c2cc(Nc3ccc4cnccc4n3)ncc2C(N)=O)C2CC2)CC1. The molecule has 230 valence electrons. The highest BCUT2D eigenvalue weighted by Gasteiger charge is 2.38. The van der Waals surface area contributed by atoms with E-state index in [-0.39, 0.29) is 17.9 Å². The van der Waals surface area contributed by atoms with Crippen molar-refractivity contribution in [2.24, 2.45) is 17.4 Å². The molecule has 6 N–H and O–H groups in total. The Kier molecular flexibility index (Phi) is 10.7. The molecule has 5 rings (SSSR count). The van der Waals surface area contributed by atoms with E-state index in [4.69, 9.17) is 20.9 Å². The number of pyridine rings is 3. The molecule has 12 heteroatoms. The summed E-state index contributed by atoms with van der Waals surface area (Å²) >= 11 is 0. The second kappa shape index (κ2) is 15.0. The van der Waals surface area contributed by atoms with Gasteiger partial charge in [-0.25, -0.2) is 9.97 Å². The lowest BCUT2D eigenvalue weighted by molar-refractivity contribution is -0.126. The maximum Gasteiger partial charge on any atom is 0.252 e. The van der Waals surface area contributed by atoms with Crippen LogP contribution in [0.5, 0.6) is 0 Å². The Morgan fingerprint density at radius 3 is 2.40 bits per heavy atom. The van der Waals surface area contributed by atoms with Gasteiger partial charge in [0.25, 0.3) is 5.91 Å². The fourth-order valence-corrected chi connectivity index (χ4v) is 5.68. The third-order valence-electron chi connectivity index (χ3n) is 7.97. The van der Waals surface area contributed by atoms with Gasteiger partial charge in [0.15, 0.2) is 0 Å². The lowest BCUT2D eigenvalue weighted by Crippen LogP contribution is -2.43. The van der Waals surface area contributed by atoms with Crippen molar-refractivity contribution in [1.82, 2.24) is 20.3 Å². The summed E-state index contributed by atoms with van der Waals surface area (Å²) in [7, 11) is 0. The summed E-state index contributed by atoms with van der Waals surface area (Å²) in [4.78, 5) is 41.0. The highest BCUT2D eigenvalue weighted by atomic mass is 16.5. The molecule has 3 aromatic rings. The quantitative estimate of drug-likeness (QED) is 0.182. The van der Waals surface area contributed by atoms with Gasteiger partial charge in [-0.05, 0) is 63.1 Å². The zero-order valence-corrected chi connectivity index (χ0v) is 24.5. The molecule has 0 spiro atoms. The number of carbonyl (C=O) groups is 2. The smallest absolute Gasteiger partial charge is 0.252 e. The van der Waals surface area contributed by atoms with Crippen LogP contribution in [0.2, 0.25) is 0 Å². The standard InChI is InChI=1S/C31H42N8O4/c32-11-15-43-17-16-42-14-1-12-35-31(41)21-2-5-23(6-3-21)39(24-7-8-24)27-18-29(36-20-25(27)30(33)40)38-28-9-4-22-19-34-13-10-26(22)37-28/h4,9-10,13,18-21,23-24H,1-3,5-8,11-12,14-17,32H2,(H2,33,40)(H,35,41)(H,36,37,38). The molecule has 0 unspecified atom stereocenters. The van der Waals surface area contributed by atoms with Crippen LogP contribution in [0, 0.1) is 5.92 Å². The van der Waals surface area contributed by atoms with Crippen LogP contribution in [0.4, 0.5) is 17.3 Å². The largest absolute Gasteiger partial charge is 0.379 e. The number of anilines is 3. The molecule has 2 amide bonds. The topological polar surface area (TPSA) is 171 Å². The summed E-state index contributed by atoms with van der Waals surface area (Å²) in [6, 6.07) is 8.16. The second-order valence-electron chi connectivity index (χ2n) is 11.1. The molecular weight excluding hydrogens is 548 g/mol. The number of fused-ring (bicyclic) bond motifs is 1. The van der Waals surface area contributed by atoms with Gasteiger partial charge < -0.3 is 36.5 Å². The fourth-order valence-electron chi connectivity index (χ4n) is 5.68. The van der Waals surface area contributed by atoms with Crippen LogP contribution >= 0.6 is 0 Å². The first-order valence-electron chi connectivity index (χ1n) is 15.2. The molecule has 0 atom stereocenters. The Morgan fingerprint density at radius 2 is 1.67 bits per heavy atom. The predicted molar refractivity (Wildman–Crippen MR) is 165 cm³/mol. The first-order valence-corrected chi connectivity index (χ1v) is 15.2. The zero-order chi connectivity index (χ0) is 30.0. The summed E-state index contributed by atoms with van der Waals surface area (Å²) in [6.07, 6.45) is 11.2. The van der Waals surface area contributed by atoms with Crippen molar-refractivity contribution in [3.63, 3.8) is 0 Å². The third kappa shape index (κ3) is 8.37. The van der Waals surface area contributed by atoms with Gasteiger partial charge in [0.1, 0.15) is 11.6 Å². The first kappa shape index (κ1) is 30.6. The van der Waals surface area contributed by atoms with E-state index in [0.717, 1.165) is 61.5 Å². The number of hydrogen-bond acceptors (Lipinski definition) is 10. The number of rotatable bonds is 16. The van der Waals surface area contributed by atoms with Crippen molar-refractivity contribution < 1.29 is 19.1 Å². The summed E-state index contributed by atoms with van der Waals surface area (Å²) in [6.45, 7) is 3.27. The summed E-state index contributed by atoms with van der Waals surface area (Å²) < 4.78 is 10.8.